The lowest BCUT2D eigenvalue weighted by molar-refractivity contribution is 0.313. The van der Waals surface area contributed by atoms with Crippen LogP contribution in [0.4, 0.5) is 0 Å². The largest absolute Gasteiger partial charge is 0.492 e. The fraction of sp³-hybridized carbons (Fsp3) is 0.667. The SMILES string of the molecule is CCCCCCCCNCc1cc(Cl)cc(Cl)c1OCCC. The molecule has 0 radical (unpaired) electrons. The molecule has 0 atom stereocenters. The Hall–Kier alpha value is -0.440. The maximum absolute atomic E-state index is 6.24. The van der Waals surface area contributed by atoms with Crippen molar-refractivity contribution in [2.24, 2.45) is 0 Å². The zero-order valence-electron chi connectivity index (χ0n) is 13.9. The summed E-state index contributed by atoms with van der Waals surface area (Å²) in [7, 11) is 0. The maximum atomic E-state index is 6.24. The number of benzene rings is 1. The van der Waals surface area contributed by atoms with Gasteiger partial charge < -0.3 is 10.1 Å². The number of halogens is 2. The van der Waals surface area contributed by atoms with Crippen molar-refractivity contribution in [1.29, 1.82) is 0 Å². The summed E-state index contributed by atoms with van der Waals surface area (Å²) in [5.74, 6) is 0.767. The molecule has 2 nitrogen and oxygen atoms in total. The average Bonchev–Trinajstić information content (AvgIpc) is 2.49. The molecule has 1 aromatic rings. The van der Waals surface area contributed by atoms with Gasteiger partial charge in [0.1, 0.15) is 5.75 Å². The lowest BCUT2D eigenvalue weighted by Gasteiger charge is -2.14. The Balaban J connectivity index is 2.37. The Morgan fingerprint density at radius 1 is 0.955 bits per heavy atom. The molecule has 0 aromatic heterocycles. The number of hydrogen-bond acceptors (Lipinski definition) is 2. The van der Waals surface area contributed by atoms with Crippen molar-refractivity contribution in [1.82, 2.24) is 5.32 Å². The summed E-state index contributed by atoms with van der Waals surface area (Å²) in [5, 5.41) is 4.72. The molecule has 0 saturated carbocycles. The van der Waals surface area contributed by atoms with Crippen LogP contribution in [-0.2, 0) is 6.54 Å². The predicted molar refractivity (Wildman–Crippen MR) is 97.3 cm³/mol. The topological polar surface area (TPSA) is 21.3 Å². The Labute approximate surface area is 145 Å². The van der Waals surface area contributed by atoms with Crippen molar-refractivity contribution >= 4 is 23.2 Å². The van der Waals surface area contributed by atoms with Crippen LogP contribution in [-0.4, -0.2) is 13.2 Å². The number of hydrogen-bond donors (Lipinski definition) is 1. The smallest absolute Gasteiger partial charge is 0.142 e. The number of unbranched alkanes of at least 4 members (excludes halogenated alkanes) is 5. The van der Waals surface area contributed by atoms with E-state index in [0.29, 0.717) is 16.7 Å². The molecular formula is C18H29Cl2NO. The van der Waals surface area contributed by atoms with Gasteiger partial charge in [-0.25, -0.2) is 0 Å². The van der Waals surface area contributed by atoms with E-state index in [1.54, 1.807) is 6.07 Å². The Morgan fingerprint density at radius 3 is 2.41 bits per heavy atom. The third-order valence-electron chi connectivity index (χ3n) is 3.56. The quantitative estimate of drug-likeness (QED) is 0.453. The fourth-order valence-electron chi connectivity index (χ4n) is 2.36. The van der Waals surface area contributed by atoms with Crippen LogP contribution in [0.15, 0.2) is 12.1 Å². The van der Waals surface area contributed by atoms with Gasteiger partial charge in [-0.1, -0.05) is 69.2 Å². The average molecular weight is 346 g/mol. The van der Waals surface area contributed by atoms with Crippen molar-refractivity contribution in [2.45, 2.75) is 65.3 Å². The third-order valence-corrected chi connectivity index (χ3v) is 4.06. The zero-order valence-corrected chi connectivity index (χ0v) is 15.4. The van der Waals surface area contributed by atoms with Crippen LogP contribution in [0.2, 0.25) is 10.0 Å². The molecule has 0 aliphatic heterocycles. The van der Waals surface area contributed by atoms with Gasteiger partial charge in [-0.2, -0.15) is 0 Å². The van der Waals surface area contributed by atoms with Gasteiger partial charge in [-0.15, -0.1) is 0 Å². The monoisotopic (exact) mass is 345 g/mol. The summed E-state index contributed by atoms with van der Waals surface area (Å²) >= 11 is 12.3. The second kappa shape index (κ2) is 12.0. The van der Waals surface area contributed by atoms with E-state index in [9.17, 15) is 0 Å². The highest BCUT2D eigenvalue weighted by Gasteiger charge is 2.10. The minimum absolute atomic E-state index is 0.595. The summed E-state index contributed by atoms with van der Waals surface area (Å²) in [5.41, 5.74) is 1.04. The van der Waals surface area contributed by atoms with Crippen molar-refractivity contribution in [3.8, 4) is 5.75 Å². The molecule has 0 heterocycles. The van der Waals surface area contributed by atoms with Crippen LogP contribution in [0.5, 0.6) is 5.75 Å². The Bertz CT molecular complexity index is 424. The van der Waals surface area contributed by atoms with E-state index in [1.165, 1.54) is 38.5 Å². The van der Waals surface area contributed by atoms with Gasteiger partial charge in [0.25, 0.3) is 0 Å². The standard InChI is InChI=1S/C18H29Cl2NO/c1-3-5-6-7-8-9-10-21-14-15-12-16(19)13-17(20)18(15)22-11-4-2/h12-13,21H,3-11,14H2,1-2H3. The molecule has 0 aliphatic rings. The summed E-state index contributed by atoms with van der Waals surface area (Å²) in [6, 6.07) is 3.68. The molecule has 1 N–H and O–H groups in total. The van der Waals surface area contributed by atoms with E-state index >= 15 is 0 Å². The van der Waals surface area contributed by atoms with Gasteiger partial charge in [-0.05, 0) is 31.5 Å². The molecule has 0 spiro atoms. The summed E-state index contributed by atoms with van der Waals surface area (Å²) < 4.78 is 5.76. The summed E-state index contributed by atoms with van der Waals surface area (Å²) in [6.07, 6.45) is 8.81. The van der Waals surface area contributed by atoms with Crippen LogP contribution < -0.4 is 10.1 Å². The number of nitrogens with one attached hydrogen (secondary N) is 1. The minimum Gasteiger partial charge on any atom is -0.492 e. The van der Waals surface area contributed by atoms with Gasteiger partial charge >= 0.3 is 0 Å². The van der Waals surface area contributed by atoms with E-state index in [4.69, 9.17) is 27.9 Å². The highest BCUT2D eigenvalue weighted by Crippen LogP contribution is 2.32. The predicted octanol–water partition coefficient (Wildman–Crippen LogP) is 6.23. The highest BCUT2D eigenvalue weighted by atomic mass is 35.5. The number of rotatable bonds is 12. The second-order valence-corrected chi connectivity index (χ2v) is 6.51. The van der Waals surface area contributed by atoms with Crippen LogP contribution >= 0.6 is 23.2 Å². The molecule has 1 aromatic carbocycles. The molecule has 0 saturated heterocycles. The normalized spacial score (nSPS) is 10.9. The Kier molecular flexibility index (Phi) is 10.7. The van der Waals surface area contributed by atoms with Gasteiger partial charge in [0.15, 0.2) is 0 Å². The maximum Gasteiger partial charge on any atom is 0.142 e. The van der Waals surface area contributed by atoms with E-state index < -0.39 is 0 Å². The van der Waals surface area contributed by atoms with E-state index in [0.717, 1.165) is 30.8 Å². The first-order valence-electron chi connectivity index (χ1n) is 8.50. The van der Waals surface area contributed by atoms with Crippen LogP contribution in [0.1, 0.15) is 64.4 Å². The van der Waals surface area contributed by atoms with Crippen LogP contribution in [0.3, 0.4) is 0 Å². The van der Waals surface area contributed by atoms with Crippen LogP contribution in [0, 0.1) is 0 Å². The summed E-state index contributed by atoms with van der Waals surface area (Å²) in [4.78, 5) is 0. The van der Waals surface area contributed by atoms with Gasteiger partial charge in [0.05, 0.1) is 11.6 Å². The molecule has 0 amide bonds. The zero-order chi connectivity index (χ0) is 16.2. The van der Waals surface area contributed by atoms with Crippen LogP contribution in [0.25, 0.3) is 0 Å². The fourth-order valence-corrected chi connectivity index (χ4v) is 2.95. The van der Waals surface area contributed by atoms with Gasteiger partial charge in [0, 0.05) is 17.1 Å². The van der Waals surface area contributed by atoms with Crippen molar-refractivity contribution in [3.05, 3.63) is 27.7 Å². The van der Waals surface area contributed by atoms with Crippen molar-refractivity contribution in [3.63, 3.8) is 0 Å². The molecule has 1 rings (SSSR count). The first kappa shape index (κ1) is 19.6. The molecule has 4 heteroatoms. The molecule has 22 heavy (non-hydrogen) atoms. The Morgan fingerprint density at radius 2 is 1.68 bits per heavy atom. The molecule has 0 unspecified atom stereocenters. The van der Waals surface area contributed by atoms with E-state index in [-0.39, 0.29) is 0 Å². The first-order valence-corrected chi connectivity index (χ1v) is 9.26. The summed E-state index contributed by atoms with van der Waals surface area (Å²) in [6.45, 7) is 6.76. The molecule has 0 fully saturated rings. The lowest BCUT2D eigenvalue weighted by atomic mass is 10.1. The molecule has 0 bridgehead atoms. The third kappa shape index (κ3) is 7.71. The highest BCUT2D eigenvalue weighted by molar-refractivity contribution is 6.35. The van der Waals surface area contributed by atoms with Crippen molar-refractivity contribution in [2.75, 3.05) is 13.2 Å². The molecular weight excluding hydrogens is 317 g/mol. The molecule has 0 aliphatic carbocycles. The van der Waals surface area contributed by atoms with E-state index in [1.807, 2.05) is 6.07 Å². The first-order chi connectivity index (χ1) is 10.7. The minimum atomic E-state index is 0.595. The second-order valence-electron chi connectivity index (χ2n) is 5.67. The molecule has 126 valence electrons. The van der Waals surface area contributed by atoms with E-state index in [2.05, 4.69) is 19.2 Å². The van der Waals surface area contributed by atoms with Gasteiger partial charge in [-0.3, -0.25) is 0 Å². The van der Waals surface area contributed by atoms with Gasteiger partial charge in [0.2, 0.25) is 0 Å². The van der Waals surface area contributed by atoms with Crippen molar-refractivity contribution < 1.29 is 4.74 Å². The lowest BCUT2D eigenvalue weighted by Crippen LogP contribution is -2.15. The number of ether oxygens (including phenoxy) is 1.